The molecule has 0 aliphatic heterocycles. The molecule has 0 saturated carbocycles. The predicted octanol–water partition coefficient (Wildman–Crippen LogP) is 2.63. The molecule has 2 heterocycles. The van der Waals surface area contributed by atoms with Crippen molar-refractivity contribution in [3.63, 3.8) is 0 Å². The van der Waals surface area contributed by atoms with Crippen LogP contribution in [0.25, 0.3) is 0 Å². The highest BCUT2D eigenvalue weighted by Gasteiger charge is 2.21. The summed E-state index contributed by atoms with van der Waals surface area (Å²) < 4.78 is 10.3. The maximum atomic E-state index is 12.1. The monoisotopic (exact) mass is 275 g/mol. The van der Waals surface area contributed by atoms with Gasteiger partial charge in [0, 0.05) is 17.7 Å². The van der Waals surface area contributed by atoms with E-state index in [1.165, 1.54) is 7.11 Å². The normalized spacial score (nSPS) is 11.2. The van der Waals surface area contributed by atoms with Gasteiger partial charge in [-0.2, -0.15) is 0 Å². The maximum absolute atomic E-state index is 12.1. The molecule has 2 rings (SSSR count). The fourth-order valence-corrected chi connectivity index (χ4v) is 1.60. The first-order valence-electron chi connectivity index (χ1n) is 6.19. The van der Waals surface area contributed by atoms with Crippen molar-refractivity contribution in [1.82, 2.24) is 10.1 Å². The minimum absolute atomic E-state index is 0.165. The Morgan fingerprint density at radius 2 is 2.15 bits per heavy atom. The van der Waals surface area contributed by atoms with Crippen molar-refractivity contribution in [2.45, 2.75) is 26.2 Å². The molecular weight excluding hydrogens is 258 g/mol. The number of pyridine rings is 1. The van der Waals surface area contributed by atoms with Gasteiger partial charge in [-0.15, -0.1) is 0 Å². The number of carbonyl (C=O) groups excluding carboxylic acids is 1. The van der Waals surface area contributed by atoms with Gasteiger partial charge in [-0.3, -0.25) is 4.79 Å². The van der Waals surface area contributed by atoms with Gasteiger partial charge in [-0.1, -0.05) is 25.9 Å². The molecule has 0 fully saturated rings. The highest BCUT2D eigenvalue weighted by molar-refractivity contribution is 6.05. The van der Waals surface area contributed by atoms with Crippen LogP contribution in [-0.2, 0) is 5.41 Å². The van der Waals surface area contributed by atoms with Gasteiger partial charge in [-0.05, 0) is 12.1 Å². The molecule has 2 aromatic heterocycles. The lowest BCUT2D eigenvalue weighted by Crippen LogP contribution is -2.14. The van der Waals surface area contributed by atoms with Gasteiger partial charge < -0.3 is 14.6 Å². The van der Waals surface area contributed by atoms with Gasteiger partial charge in [0.25, 0.3) is 5.91 Å². The molecule has 6 nitrogen and oxygen atoms in total. The number of nitrogens with zero attached hydrogens (tertiary/aromatic N) is 2. The van der Waals surface area contributed by atoms with Gasteiger partial charge in [0.15, 0.2) is 5.82 Å². The van der Waals surface area contributed by atoms with Crippen molar-refractivity contribution in [2.24, 2.45) is 0 Å². The molecule has 0 bridgehead atoms. The first-order valence-corrected chi connectivity index (χ1v) is 6.19. The van der Waals surface area contributed by atoms with Crippen molar-refractivity contribution in [2.75, 3.05) is 12.4 Å². The van der Waals surface area contributed by atoms with E-state index >= 15 is 0 Å². The SMILES string of the molecule is COc1ncccc1C(=O)Nc1cc(C(C)(C)C)on1. The summed E-state index contributed by atoms with van der Waals surface area (Å²) in [5.41, 5.74) is 0.178. The lowest BCUT2D eigenvalue weighted by atomic mass is 9.93. The molecule has 0 spiro atoms. The largest absolute Gasteiger partial charge is 0.480 e. The zero-order valence-electron chi connectivity index (χ0n) is 11.9. The van der Waals surface area contributed by atoms with Crippen molar-refractivity contribution in [1.29, 1.82) is 0 Å². The van der Waals surface area contributed by atoms with Gasteiger partial charge in [-0.25, -0.2) is 4.98 Å². The Labute approximate surface area is 117 Å². The van der Waals surface area contributed by atoms with Gasteiger partial charge in [0.1, 0.15) is 11.3 Å². The number of anilines is 1. The molecular formula is C14H17N3O3. The first kappa shape index (κ1) is 14.0. The minimum Gasteiger partial charge on any atom is -0.480 e. The Hall–Kier alpha value is -2.37. The second-order valence-electron chi connectivity index (χ2n) is 5.34. The molecule has 0 aliphatic rings. The number of aromatic nitrogens is 2. The second-order valence-corrected chi connectivity index (χ2v) is 5.34. The Balaban J connectivity index is 2.18. The van der Waals surface area contributed by atoms with E-state index in [9.17, 15) is 4.79 Å². The molecule has 0 saturated heterocycles. The summed E-state index contributed by atoms with van der Waals surface area (Å²) in [5, 5.41) is 6.50. The van der Waals surface area contributed by atoms with Crippen LogP contribution in [0.15, 0.2) is 28.9 Å². The average Bonchev–Trinajstić information content (AvgIpc) is 2.87. The summed E-state index contributed by atoms with van der Waals surface area (Å²) in [6.07, 6.45) is 1.56. The molecule has 0 unspecified atom stereocenters. The topological polar surface area (TPSA) is 77.2 Å². The highest BCUT2D eigenvalue weighted by Crippen LogP contribution is 2.25. The minimum atomic E-state index is -0.344. The standard InChI is InChI=1S/C14H17N3O3/c1-14(2,3)10-8-11(17-20-10)16-12(18)9-6-5-7-15-13(9)19-4/h5-8H,1-4H3,(H,16,17,18). The summed E-state index contributed by atoms with van der Waals surface area (Å²) in [7, 11) is 1.47. The van der Waals surface area contributed by atoms with Crippen LogP contribution in [0.3, 0.4) is 0 Å². The number of rotatable bonds is 3. The van der Waals surface area contributed by atoms with Crippen LogP contribution in [0.1, 0.15) is 36.9 Å². The van der Waals surface area contributed by atoms with Crippen molar-refractivity contribution < 1.29 is 14.1 Å². The van der Waals surface area contributed by atoms with E-state index in [1.807, 2.05) is 20.8 Å². The number of hydrogen-bond donors (Lipinski definition) is 1. The van der Waals surface area contributed by atoms with Crippen LogP contribution < -0.4 is 10.1 Å². The zero-order chi connectivity index (χ0) is 14.8. The lowest BCUT2D eigenvalue weighted by molar-refractivity contribution is 0.102. The first-order chi connectivity index (χ1) is 9.41. The number of amides is 1. The van der Waals surface area contributed by atoms with E-state index in [-0.39, 0.29) is 17.2 Å². The van der Waals surface area contributed by atoms with Crippen LogP contribution in [0.5, 0.6) is 5.88 Å². The third kappa shape index (κ3) is 2.96. The lowest BCUT2D eigenvalue weighted by Gasteiger charge is -2.12. The molecule has 106 valence electrons. The van der Waals surface area contributed by atoms with E-state index < -0.39 is 0 Å². The summed E-state index contributed by atoms with van der Waals surface area (Å²) >= 11 is 0. The van der Waals surface area contributed by atoms with Gasteiger partial charge in [0.2, 0.25) is 5.88 Å². The molecule has 20 heavy (non-hydrogen) atoms. The molecule has 0 aromatic carbocycles. The quantitative estimate of drug-likeness (QED) is 0.931. The Morgan fingerprint density at radius 3 is 2.75 bits per heavy atom. The van der Waals surface area contributed by atoms with Crippen LogP contribution >= 0.6 is 0 Å². The fraction of sp³-hybridized carbons (Fsp3) is 0.357. The molecule has 2 aromatic rings. The Bertz CT molecular complexity index is 614. The Morgan fingerprint density at radius 1 is 1.40 bits per heavy atom. The number of nitrogens with one attached hydrogen (secondary N) is 1. The van der Waals surface area contributed by atoms with E-state index in [1.54, 1.807) is 24.4 Å². The van der Waals surface area contributed by atoms with Crippen molar-refractivity contribution in [3.8, 4) is 5.88 Å². The number of methoxy groups -OCH3 is 1. The molecule has 1 N–H and O–H groups in total. The average molecular weight is 275 g/mol. The third-order valence-electron chi connectivity index (χ3n) is 2.70. The summed E-state index contributed by atoms with van der Waals surface area (Å²) in [5.74, 6) is 0.991. The molecule has 0 radical (unpaired) electrons. The van der Waals surface area contributed by atoms with Crippen LogP contribution in [0.2, 0.25) is 0 Å². The van der Waals surface area contributed by atoms with Crippen molar-refractivity contribution >= 4 is 11.7 Å². The smallest absolute Gasteiger partial charge is 0.262 e. The summed E-state index contributed by atoms with van der Waals surface area (Å²) in [4.78, 5) is 16.1. The molecule has 1 amide bonds. The summed E-state index contributed by atoms with van der Waals surface area (Å²) in [6.45, 7) is 6.01. The number of ether oxygens (including phenoxy) is 1. The van der Waals surface area contributed by atoms with Gasteiger partial charge >= 0.3 is 0 Å². The van der Waals surface area contributed by atoms with E-state index in [0.29, 0.717) is 17.1 Å². The number of carbonyl (C=O) groups is 1. The summed E-state index contributed by atoms with van der Waals surface area (Å²) in [6, 6.07) is 5.01. The van der Waals surface area contributed by atoms with Gasteiger partial charge in [0.05, 0.1) is 7.11 Å². The highest BCUT2D eigenvalue weighted by atomic mass is 16.5. The van der Waals surface area contributed by atoms with E-state index in [4.69, 9.17) is 9.26 Å². The number of hydrogen-bond acceptors (Lipinski definition) is 5. The molecule has 0 atom stereocenters. The maximum Gasteiger partial charge on any atom is 0.262 e. The van der Waals surface area contributed by atoms with Crippen LogP contribution in [0, 0.1) is 0 Å². The van der Waals surface area contributed by atoms with Crippen molar-refractivity contribution in [3.05, 3.63) is 35.7 Å². The third-order valence-corrected chi connectivity index (χ3v) is 2.70. The van der Waals surface area contributed by atoms with Crippen LogP contribution in [-0.4, -0.2) is 23.2 Å². The molecule has 0 aliphatic carbocycles. The predicted molar refractivity (Wildman–Crippen MR) is 73.9 cm³/mol. The van der Waals surface area contributed by atoms with E-state index in [2.05, 4.69) is 15.5 Å². The zero-order valence-corrected chi connectivity index (χ0v) is 11.9. The second kappa shape index (κ2) is 5.32. The Kier molecular flexibility index (Phi) is 3.74. The van der Waals surface area contributed by atoms with E-state index in [0.717, 1.165) is 0 Å². The molecule has 6 heteroatoms. The van der Waals surface area contributed by atoms with Crippen LogP contribution in [0.4, 0.5) is 5.82 Å². The fourth-order valence-electron chi connectivity index (χ4n) is 1.60.